The third-order valence-corrected chi connectivity index (χ3v) is 3.80. The molecule has 2 N–H and O–H groups in total. The van der Waals surface area contributed by atoms with E-state index in [4.69, 9.17) is 14.2 Å². The normalized spacial score (nSPS) is 10.5. The number of carbonyl (C=O) groups is 2. The summed E-state index contributed by atoms with van der Waals surface area (Å²) >= 11 is 0. The molecule has 154 valence electrons. The van der Waals surface area contributed by atoms with Crippen LogP contribution >= 0.6 is 0 Å². The molecule has 29 heavy (non-hydrogen) atoms. The SMILES string of the molecule is CCOc1cc(/C=C/C(=O)NNC(=O)COc2cc(C)cc(C)c2)ccc1OC. The predicted octanol–water partition coefficient (Wildman–Crippen LogP) is 2.95. The third-order valence-electron chi connectivity index (χ3n) is 3.80. The van der Waals surface area contributed by atoms with Crippen LogP contribution in [-0.4, -0.2) is 32.1 Å². The van der Waals surface area contributed by atoms with Crippen molar-refractivity contribution in [3.63, 3.8) is 0 Å². The zero-order valence-electron chi connectivity index (χ0n) is 17.1. The first kappa shape index (κ1) is 21.8. The van der Waals surface area contributed by atoms with Crippen molar-refractivity contribution < 1.29 is 23.8 Å². The zero-order chi connectivity index (χ0) is 21.2. The van der Waals surface area contributed by atoms with Crippen LogP contribution in [0.4, 0.5) is 0 Å². The predicted molar refractivity (Wildman–Crippen MR) is 111 cm³/mol. The summed E-state index contributed by atoms with van der Waals surface area (Å²) in [5, 5.41) is 0. The number of ether oxygens (including phenoxy) is 3. The molecule has 0 fully saturated rings. The summed E-state index contributed by atoms with van der Waals surface area (Å²) in [7, 11) is 1.56. The van der Waals surface area contributed by atoms with Crippen molar-refractivity contribution in [3.05, 3.63) is 59.2 Å². The highest BCUT2D eigenvalue weighted by atomic mass is 16.5. The molecule has 0 saturated carbocycles. The number of hydrazine groups is 1. The van der Waals surface area contributed by atoms with E-state index in [-0.39, 0.29) is 6.61 Å². The molecular formula is C22H26N2O5. The Morgan fingerprint density at radius 2 is 1.69 bits per heavy atom. The smallest absolute Gasteiger partial charge is 0.276 e. The highest BCUT2D eigenvalue weighted by Gasteiger charge is 2.06. The average Bonchev–Trinajstić information content (AvgIpc) is 2.69. The van der Waals surface area contributed by atoms with Crippen molar-refractivity contribution in [3.8, 4) is 17.2 Å². The molecule has 2 aromatic carbocycles. The Morgan fingerprint density at radius 3 is 2.34 bits per heavy atom. The summed E-state index contributed by atoms with van der Waals surface area (Å²) < 4.78 is 16.2. The van der Waals surface area contributed by atoms with E-state index in [1.165, 1.54) is 6.08 Å². The van der Waals surface area contributed by atoms with Gasteiger partial charge in [0.2, 0.25) is 0 Å². The molecule has 0 aromatic heterocycles. The lowest BCUT2D eigenvalue weighted by Gasteiger charge is -2.10. The zero-order valence-corrected chi connectivity index (χ0v) is 17.1. The van der Waals surface area contributed by atoms with Crippen LogP contribution in [0.5, 0.6) is 17.2 Å². The summed E-state index contributed by atoms with van der Waals surface area (Å²) in [4.78, 5) is 23.8. The first-order chi connectivity index (χ1) is 13.9. The monoisotopic (exact) mass is 398 g/mol. The van der Waals surface area contributed by atoms with E-state index < -0.39 is 11.8 Å². The first-order valence-corrected chi connectivity index (χ1v) is 9.20. The largest absolute Gasteiger partial charge is 0.493 e. The van der Waals surface area contributed by atoms with Gasteiger partial charge in [0.25, 0.3) is 11.8 Å². The van der Waals surface area contributed by atoms with Crippen molar-refractivity contribution in [1.29, 1.82) is 0 Å². The van der Waals surface area contributed by atoms with Crippen molar-refractivity contribution in [2.45, 2.75) is 20.8 Å². The van der Waals surface area contributed by atoms with Gasteiger partial charge in [0.05, 0.1) is 13.7 Å². The van der Waals surface area contributed by atoms with Gasteiger partial charge >= 0.3 is 0 Å². The Balaban J connectivity index is 1.82. The summed E-state index contributed by atoms with van der Waals surface area (Å²) in [6.45, 7) is 6.07. The Morgan fingerprint density at radius 1 is 0.966 bits per heavy atom. The molecule has 7 nitrogen and oxygen atoms in total. The molecular weight excluding hydrogens is 372 g/mol. The van der Waals surface area contributed by atoms with E-state index >= 15 is 0 Å². The van der Waals surface area contributed by atoms with E-state index in [1.807, 2.05) is 39.0 Å². The van der Waals surface area contributed by atoms with Gasteiger partial charge < -0.3 is 14.2 Å². The first-order valence-electron chi connectivity index (χ1n) is 9.20. The van der Waals surface area contributed by atoms with Gasteiger partial charge in [0, 0.05) is 6.08 Å². The second-order valence-electron chi connectivity index (χ2n) is 6.33. The molecule has 0 heterocycles. The number of rotatable bonds is 8. The Kier molecular flexibility index (Phi) is 8.09. The fourth-order valence-corrected chi connectivity index (χ4v) is 2.61. The minimum absolute atomic E-state index is 0.205. The number of benzene rings is 2. The number of nitrogens with one attached hydrogen (secondary N) is 2. The van der Waals surface area contributed by atoms with Gasteiger partial charge in [-0.05, 0) is 67.8 Å². The molecule has 2 aromatic rings. The topological polar surface area (TPSA) is 85.9 Å². The molecule has 7 heteroatoms. The lowest BCUT2D eigenvalue weighted by atomic mass is 10.1. The molecule has 2 amide bonds. The van der Waals surface area contributed by atoms with Gasteiger partial charge in [-0.1, -0.05) is 12.1 Å². The second-order valence-corrected chi connectivity index (χ2v) is 6.33. The lowest BCUT2D eigenvalue weighted by Crippen LogP contribution is -2.43. The van der Waals surface area contributed by atoms with Crippen LogP contribution < -0.4 is 25.1 Å². The van der Waals surface area contributed by atoms with Gasteiger partial charge in [0.15, 0.2) is 18.1 Å². The molecule has 0 atom stereocenters. The van der Waals surface area contributed by atoms with Crippen molar-refractivity contribution in [2.75, 3.05) is 20.3 Å². The van der Waals surface area contributed by atoms with E-state index in [2.05, 4.69) is 10.9 Å². The highest BCUT2D eigenvalue weighted by molar-refractivity contribution is 5.93. The summed E-state index contributed by atoms with van der Waals surface area (Å²) in [6.07, 6.45) is 2.91. The minimum atomic E-state index is -0.474. The number of amides is 2. The van der Waals surface area contributed by atoms with Gasteiger partial charge in [0.1, 0.15) is 5.75 Å². The van der Waals surface area contributed by atoms with Crippen molar-refractivity contribution in [2.24, 2.45) is 0 Å². The van der Waals surface area contributed by atoms with Crippen LogP contribution in [-0.2, 0) is 9.59 Å². The Hall–Kier alpha value is -3.48. The maximum Gasteiger partial charge on any atom is 0.276 e. The van der Waals surface area contributed by atoms with Gasteiger partial charge in [-0.15, -0.1) is 0 Å². The molecule has 0 radical (unpaired) electrons. The fourth-order valence-electron chi connectivity index (χ4n) is 2.61. The summed E-state index contributed by atoms with van der Waals surface area (Å²) in [5.74, 6) is 0.875. The summed E-state index contributed by atoms with van der Waals surface area (Å²) in [5.41, 5.74) is 7.47. The average molecular weight is 398 g/mol. The quantitative estimate of drug-likeness (QED) is 0.527. The van der Waals surface area contributed by atoms with Gasteiger partial charge in [-0.2, -0.15) is 0 Å². The van der Waals surface area contributed by atoms with Crippen molar-refractivity contribution >= 4 is 17.9 Å². The number of aryl methyl sites for hydroxylation is 2. The highest BCUT2D eigenvalue weighted by Crippen LogP contribution is 2.28. The molecule has 0 aliphatic carbocycles. The number of hydrogen-bond acceptors (Lipinski definition) is 5. The van der Waals surface area contributed by atoms with E-state index in [0.717, 1.165) is 16.7 Å². The molecule has 0 saturated heterocycles. The molecule has 0 bridgehead atoms. The van der Waals surface area contributed by atoms with Crippen LogP contribution in [0.15, 0.2) is 42.5 Å². The van der Waals surface area contributed by atoms with Crippen molar-refractivity contribution in [1.82, 2.24) is 10.9 Å². The second kappa shape index (κ2) is 10.8. The van der Waals surface area contributed by atoms with E-state index in [1.54, 1.807) is 31.4 Å². The molecule has 0 unspecified atom stereocenters. The van der Waals surface area contributed by atoms with E-state index in [0.29, 0.717) is 23.9 Å². The molecule has 0 spiro atoms. The maximum absolute atomic E-state index is 11.9. The molecule has 0 aliphatic rings. The Bertz CT molecular complexity index is 873. The summed E-state index contributed by atoms with van der Waals surface area (Å²) in [6, 6.07) is 11.0. The number of carbonyl (C=O) groups excluding carboxylic acids is 2. The van der Waals surface area contributed by atoms with Crippen LogP contribution in [0, 0.1) is 13.8 Å². The van der Waals surface area contributed by atoms with Crippen LogP contribution in [0.3, 0.4) is 0 Å². The standard InChI is InChI=1S/C22H26N2O5/c1-5-28-20-13-17(6-8-19(20)27-4)7-9-21(25)23-24-22(26)14-29-18-11-15(2)10-16(3)12-18/h6-13H,5,14H2,1-4H3,(H,23,25)(H,24,26)/b9-7+. The Labute approximate surface area is 170 Å². The molecule has 0 aliphatic heterocycles. The lowest BCUT2D eigenvalue weighted by molar-refractivity contribution is -0.128. The van der Waals surface area contributed by atoms with Gasteiger partial charge in [-0.25, -0.2) is 0 Å². The van der Waals surface area contributed by atoms with Crippen LogP contribution in [0.1, 0.15) is 23.6 Å². The fraction of sp³-hybridized carbons (Fsp3) is 0.273. The number of methoxy groups -OCH3 is 1. The maximum atomic E-state index is 11.9. The third kappa shape index (κ3) is 7.21. The number of hydrogen-bond donors (Lipinski definition) is 2. The minimum Gasteiger partial charge on any atom is -0.493 e. The van der Waals surface area contributed by atoms with Crippen LogP contribution in [0.25, 0.3) is 6.08 Å². The van der Waals surface area contributed by atoms with Crippen LogP contribution in [0.2, 0.25) is 0 Å². The van der Waals surface area contributed by atoms with Gasteiger partial charge in [-0.3, -0.25) is 20.4 Å². The van der Waals surface area contributed by atoms with E-state index in [9.17, 15) is 9.59 Å². The molecule has 2 rings (SSSR count).